The number of hydrogen-bond donors (Lipinski definition) is 1. The molecule has 2 aromatic heterocycles. The molecule has 1 aliphatic rings. The monoisotopic (exact) mass is 478 g/mol. The van der Waals surface area contributed by atoms with Crippen LogP contribution in [0.3, 0.4) is 0 Å². The third kappa shape index (κ3) is 7.05. The summed E-state index contributed by atoms with van der Waals surface area (Å²) in [6.45, 7) is 6.85. The van der Waals surface area contributed by atoms with Gasteiger partial charge in [0.15, 0.2) is 0 Å². The van der Waals surface area contributed by atoms with E-state index in [2.05, 4.69) is 47.8 Å². The van der Waals surface area contributed by atoms with Gasteiger partial charge >= 0.3 is 5.97 Å². The summed E-state index contributed by atoms with van der Waals surface area (Å²) >= 11 is 1.82. The van der Waals surface area contributed by atoms with E-state index < -0.39 is 5.60 Å². The molecule has 1 aromatic carbocycles. The number of pyridine rings is 1. The van der Waals surface area contributed by atoms with E-state index in [9.17, 15) is 4.79 Å². The Morgan fingerprint density at radius 1 is 1.12 bits per heavy atom. The van der Waals surface area contributed by atoms with E-state index in [1.54, 1.807) is 0 Å². The molecule has 4 nitrogen and oxygen atoms in total. The van der Waals surface area contributed by atoms with Crippen molar-refractivity contribution in [2.45, 2.75) is 90.1 Å². The Hall–Kier alpha value is -2.40. The Labute approximate surface area is 208 Å². The number of benzene rings is 1. The lowest BCUT2D eigenvalue weighted by Gasteiger charge is -2.22. The Bertz CT molecular complexity index is 1070. The van der Waals surface area contributed by atoms with Crippen molar-refractivity contribution >= 4 is 33.2 Å². The zero-order valence-corrected chi connectivity index (χ0v) is 21.7. The first-order valence-corrected chi connectivity index (χ1v) is 13.6. The van der Waals surface area contributed by atoms with E-state index in [0.717, 1.165) is 44.5 Å². The maximum Gasteiger partial charge on any atom is 0.306 e. The van der Waals surface area contributed by atoms with Crippen LogP contribution in [-0.4, -0.2) is 23.1 Å². The molecule has 34 heavy (non-hydrogen) atoms. The fraction of sp³-hybridized carbons (Fsp3) is 0.517. The number of ether oxygens (including phenoxy) is 1. The number of hydrogen-bond acceptors (Lipinski definition) is 5. The molecule has 4 rings (SSSR count). The van der Waals surface area contributed by atoms with Gasteiger partial charge in [-0.15, -0.1) is 11.3 Å². The lowest BCUT2D eigenvalue weighted by molar-refractivity contribution is -0.155. The number of nitrogens with zero attached hydrogens (tertiary/aromatic N) is 1. The normalized spacial score (nSPS) is 14.4. The van der Waals surface area contributed by atoms with Crippen LogP contribution in [0, 0.1) is 0 Å². The number of carbonyl (C=O) groups excluding carboxylic acids is 1. The van der Waals surface area contributed by atoms with Crippen molar-refractivity contribution in [3.05, 3.63) is 58.6 Å². The number of nitrogens with one attached hydrogen (secondary N) is 1. The molecule has 3 heterocycles. The van der Waals surface area contributed by atoms with Gasteiger partial charge in [-0.25, -0.2) is 4.98 Å². The smallest absolute Gasteiger partial charge is 0.306 e. The Morgan fingerprint density at radius 2 is 1.94 bits per heavy atom. The number of fused-ring (bicyclic) bond motifs is 2. The minimum absolute atomic E-state index is 0.0953. The maximum atomic E-state index is 12.6. The minimum atomic E-state index is -0.442. The minimum Gasteiger partial charge on any atom is -0.460 e. The van der Waals surface area contributed by atoms with Crippen LogP contribution >= 0.6 is 11.3 Å². The van der Waals surface area contributed by atoms with Crippen LogP contribution in [0.15, 0.2) is 42.5 Å². The molecule has 1 N–H and O–H groups in total. The summed E-state index contributed by atoms with van der Waals surface area (Å²) in [6.07, 6.45) is 9.50. The molecule has 3 aromatic rings. The van der Waals surface area contributed by atoms with Gasteiger partial charge < -0.3 is 10.1 Å². The van der Waals surface area contributed by atoms with E-state index >= 15 is 0 Å². The molecule has 0 aliphatic carbocycles. The summed E-state index contributed by atoms with van der Waals surface area (Å²) in [5.74, 6) is 1.22. The number of aromatic nitrogens is 1. The Kier molecular flexibility index (Phi) is 8.25. The van der Waals surface area contributed by atoms with Gasteiger partial charge in [-0.3, -0.25) is 4.79 Å². The van der Waals surface area contributed by atoms with Crippen molar-refractivity contribution in [1.29, 1.82) is 0 Å². The highest BCUT2D eigenvalue weighted by Crippen LogP contribution is 2.36. The van der Waals surface area contributed by atoms with Crippen LogP contribution in [0.4, 0.5) is 5.82 Å². The molecule has 0 fully saturated rings. The van der Waals surface area contributed by atoms with Gasteiger partial charge in [-0.05, 0) is 82.0 Å². The molecule has 1 unspecified atom stereocenters. The summed E-state index contributed by atoms with van der Waals surface area (Å²) in [4.78, 5) is 18.7. The predicted octanol–water partition coefficient (Wildman–Crippen LogP) is 7.66. The second kappa shape index (κ2) is 11.4. The van der Waals surface area contributed by atoms with Crippen molar-refractivity contribution in [1.82, 2.24) is 4.98 Å². The lowest BCUT2D eigenvalue weighted by atomic mass is 9.95. The summed E-state index contributed by atoms with van der Waals surface area (Å²) in [7, 11) is 0. The molecule has 0 saturated heterocycles. The first kappa shape index (κ1) is 24.7. The molecule has 0 radical (unpaired) electrons. The molecular formula is C29H38N2O2S. The highest BCUT2D eigenvalue weighted by atomic mass is 32.1. The van der Waals surface area contributed by atoms with Crippen molar-refractivity contribution in [3.8, 4) is 0 Å². The van der Waals surface area contributed by atoms with E-state index in [0.29, 0.717) is 6.42 Å². The average Bonchev–Trinajstić information content (AvgIpc) is 3.23. The number of thiophene rings is 1. The third-order valence-electron chi connectivity index (χ3n) is 6.37. The molecule has 0 spiro atoms. The quantitative estimate of drug-likeness (QED) is 0.240. The molecule has 1 atom stereocenters. The van der Waals surface area contributed by atoms with Crippen LogP contribution < -0.4 is 5.32 Å². The first-order valence-electron chi connectivity index (χ1n) is 12.8. The zero-order valence-electron chi connectivity index (χ0n) is 20.9. The van der Waals surface area contributed by atoms with Crippen molar-refractivity contribution in [2.24, 2.45) is 0 Å². The van der Waals surface area contributed by atoms with E-state index in [1.165, 1.54) is 45.5 Å². The van der Waals surface area contributed by atoms with Crippen molar-refractivity contribution < 1.29 is 9.53 Å². The van der Waals surface area contributed by atoms with Gasteiger partial charge in [0.2, 0.25) is 0 Å². The largest absolute Gasteiger partial charge is 0.460 e. The summed E-state index contributed by atoms with van der Waals surface area (Å²) in [5.41, 5.74) is 2.11. The van der Waals surface area contributed by atoms with Crippen molar-refractivity contribution in [3.63, 3.8) is 0 Å². The first-order chi connectivity index (χ1) is 16.4. The second-order valence-electron chi connectivity index (χ2n) is 10.5. The fourth-order valence-corrected chi connectivity index (χ4v) is 5.89. The average molecular weight is 479 g/mol. The van der Waals surface area contributed by atoms with Crippen LogP contribution in [0.25, 0.3) is 10.1 Å². The Morgan fingerprint density at radius 3 is 2.76 bits per heavy atom. The number of rotatable bonds is 10. The van der Waals surface area contributed by atoms with Crippen LogP contribution in [0.1, 0.15) is 87.8 Å². The standard InChI is InChI=1S/C29H38N2O2S/c1-29(2,3)33-27(32)20-23(26-19-22-12-8-9-15-25(22)34-26)11-6-4-5-7-14-24-17-16-21-13-10-18-30-28(21)31-24/h8-9,12,15-17,19,23H,4-7,10-11,13-14,18,20H2,1-3H3,(H,30,31). The van der Waals surface area contributed by atoms with Crippen LogP contribution in [-0.2, 0) is 22.4 Å². The molecule has 5 heteroatoms. The molecule has 0 amide bonds. The summed E-state index contributed by atoms with van der Waals surface area (Å²) in [5, 5.41) is 4.70. The van der Waals surface area contributed by atoms with Gasteiger partial charge in [-0.1, -0.05) is 43.5 Å². The fourth-order valence-electron chi connectivity index (χ4n) is 4.69. The highest BCUT2D eigenvalue weighted by Gasteiger charge is 2.23. The second-order valence-corrected chi connectivity index (χ2v) is 11.6. The van der Waals surface area contributed by atoms with Gasteiger partial charge in [-0.2, -0.15) is 0 Å². The number of esters is 1. The predicted molar refractivity (Wildman–Crippen MR) is 143 cm³/mol. The molecule has 0 bridgehead atoms. The number of anilines is 1. The number of carbonyl (C=O) groups is 1. The van der Waals surface area contributed by atoms with Gasteiger partial charge in [0, 0.05) is 27.7 Å². The van der Waals surface area contributed by atoms with Crippen molar-refractivity contribution in [2.75, 3.05) is 11.9 Å². The topological polar surface area (TPSA) is 51.2 Å². The summed E-state index contributed by atoms with van der Waals surface area (Å²) in [6, 6.07) is 15.2. The number of aryl methyl sites for hydroxylation is 2. The highest BCUT2D eigenvalue weighted by molar-refractivity contribution is 7.19. The van der Waals surface area contributed by atoms with E-state index in [1.807, 2.05) is 32.1 Å². The van der Waals surface area contributed by atoms with E-state index in [-0.39, 0.29) is 11.9 Å². The zero-order chi connectivity index (χ0) is 24.0. The summed E-state index contributed by atoms with van der Waals surface area (Å²) < 4.78 is 6.94. The molecule has 1 aliphatic heterocycles. The van der Waals surface area contributed by atoms with Crippen LogP contribution in [0.5, 0.6) is 0 Å². The molecule has 182 valence electrons. The van der Waals surface area contributed by atoms with E-state index in [4.69, 9.17) is 9.72 Å². The SMILES string of the molecule is CC(C)(C)OC(=O)CC(CCCCCCc1ccc2c(n1)NCCC2)c1cc2ccccc2s1. The van der Waals surface area contributed by atoms with Gasteiger partial charge in [0.1, 0.15) is 11.4 Å². The Balaban J connectivity index is 1.28. The lowest BCUT2D eigenvalue weighted by Crippen LogP contribution is -2.24. The van der Waals surface area contributed by atoms with Gasteiger partial charge in [0.25, 0.3) is 0 Å². The van der Waals surface area contributed by atoms with Gasteiger partial charge in [0.05, 0.1) is 6.42 Å². The third-order valence-corrected chi connectivity index (χ3v) is 7.65. The molecule has 0 saturated carbocycles. The number of unbranched alkanes of at least 4 members (excludes halogenated alkanes) is 3. The van der Waals surface area contributed by atoms with Crippen LogP contribution in [0.2, 0.25) is 0 Å². The molecular weight excluding hydrogens is 440 g/mol. The maximum absolute atomic E-state index is 12.6.